The first-order valence-corrected chi connectivity index (χ1v) is 6.75. The number of ether oxygens (including phenoxy) is 1. The largest absolute Gasteiger partial charge is 0.479 e. The number of aliphatic carboxylic acids is 1. The molecule has 0 spiro atoms. The molecule has 0 heterocycles. The van der Waals surface area contributed by atoms with E-state index in [9.17, 15) is 9.90 Å². The number of carboxylic acids is 1. The molecular formula is C17H18O4. The summed E-state index contributed by atoms with van der Waals surface area (Å²) < 4.78 is 5.29. The predicted molar refractivity (Wildman–Crippen MR) is 80.2 cm³/mol. The van der Waals surface area contributed by atoms with Gasteiger partial charge in [-0.2, -0.15) is 0 Å². The SMILES string of the molecule is C[C@@H](Oc1ccc(-c2cccc([C@@H](C)O)c2)cc1)C(=O)O. The molecule has 0 fully saturated rings. The van der Waals surface area contributed by atoms with Crippen molar-refractivity contribution in [3.8, 4) is 16.9 Å². The van der Waals surface area contributed by atoms with E-state index in [2.05, 4.69) is 0 Å². The monoisotopic (exact) mass is 286 g/mol. The number of hydrogen-bond acceptors (Lipinski definition) is 3. The van der Waals surface area contributed by atoms with Gasteiger partial charge in [0.15, 0.2) is 6.10 Å². The normalized spacial score (nSPS) is 13.5. The highest BCUT2D eigenvalue weighted by atomic mass is 16.5. The lowest BCUT2D eigenvalue weighted by Crippen LogP contribution is -2.22. The zero-order valence-electron chi connectivity index (χ0n) is 12.0. The average Bonchev–Trinajstić information content (AvgIpc) is 2.48. The number of rotatable bonds is 5. The number of benzene rings is 2. The van der Waals surface area contributed by atoms with Gasteiger partial charge in [-0.05, 0) is 48.7 Å². The third-order valence-electron chi connectivity index (χ3n) is 3.22. The minimum atomic E-state index is -0.997. The molecule has 0 bridgehead atoms. The van der Waals surface area contributed by atoms with Gasteiger partial charge in [0.05, 0.1) is 6.10 Å². The van der Waals surface area contributed by atoms with E-state index in [-0.39, 0.29) is 0 Å². The summed E-state index contributed by atoms with van der Waals surface area (Å²) in [6, 6.07) is 14.9. The van der Waals surface area contributed by atoms with Crippen molar-refractivity contribution in [2.24, 2.45) is 0 Å². The average molecular weight is 286 g/mol. The van der Waals surface area contributed by atoms with E-state index >= 15 is 0 Å². The standard InChI is InChI=1S/C17H18O4/c1-11(18)14-4-3-5-15(10-14)13-6-8-16(9-7-13)21-12(2)17(19)20/h3-12,18H,1-2H3,(H,19,20)/t11-,12-/m1/s1. The zero-order chi connectivity index (χ0) is 15.4. The van der Waals surface area contributed by atoms with E-state index in [4.69, 9.17) is 9.84 Å². The van der Waals surface area contributed by atoms with Gasteiger partial charge in [0.2, 0.25) is 0 Å². The molecule has 2 aromatic rings. The number of aliphatic hydroxyl groups excluding tert-OH is 1. The van der Waals surface area contributed by atoms with Crippen LogP contribution in [0.1, 0.15) is 25.5 Å². The Labute approximate surface area is 123 Å². The second-order valence-corrected chi connectivity index (χ2v) is 4.92. The van der Waals surface area contributed by atoms with Crippen molar-refractivity contribution in [2.45, 2.75) is 26.1 Å². The van der Waals surface area contributed by atoms with Crippen LogP contribution in [0.2, 0.25) is 0 Å². The van der Waals surface area contributed by atoms with Crippen LogP contribution < -0.4 is 4.74 Å². The van der Waals surface area contributed by atoms with Gasteiger partial charge < -0.3 is 14.9 Å². The highest BCUT2D eigenvalue weighted by molar-refractivity contribution is 5.72. The molecule has 4 nitrogen and oxygen atoms in total. The lowest BCUT2D eigenvalue weighted by Gasteiger charge is -2.11. The van der Waals surface area contributed by atoms with Gasteiger partial charge in [-0.25, -0.2) is 4.79 Å². The third kappa shape index (κ3) is 3.83. The van der Waals surface area contributed by atoms with E-state index in [1.165, 1.54) is 6.92 Å². The van der Waals surface area contributed by atoms with Crippen LogP contribution in [0.5, 0.6) is 5.75 Å². The van der Waals surface area contributed by atoms with Gasteiger partial charge in [0.1, 0.15) is 5.75 Å². The van der Waals surface area contributed by atoms with Crippen LogP contribution in [-0.4, -0.2) is 22.3 Å². The van der Waals surface area contributed by atoms with Crippen LogP contribution in [0.15, 0.2) is 48.5 Å². The van der Waals surface area contributed by atoms with Gasteiger partial charge in [-0.15, -0.1) is 0 Å². The van der Waals surface area contributed by atoms with Crippen molar-refractivity contribution >= 4 is 5.97 Å². The summed E-state index contributed by atoms with van der Waals surface area (Å²) in [4.78, 5) is 10.7. The molecule has 0 aliphatic carbocycles. The summed E-state index contributed by atoms with van der Waals surface area (Å²) in [6.07, 6.45) is -1.39. The molecule has 0 saturated heterocycles. The van der Waals surface area contributed by atoms with Crippen molar-refractivity contribution in [1.29, 1.82) is 0 Å². The molecule has 0 unspecified atom stereocenters. The molecular weight excluding hydrogens is 268 g/mol. The summed E-state index contributed by atoms with van der Waals surface area (Å²) in [5.74, 6) is -0.482. The number of aliphatic hydroxyl groups is 1. The van der Waals surface area contributed by atoms with Gasteiger partial charge in [0.25, 0.3) is 0 Å². The number of hydrogen-bond donors (Lipinski definition) is 2. The van der Waals surface area contributed by atoms with Gasteiger partial charge in [-0.3, -0.25) is 0 Å². The highest BCUT2D eigenvalue weighted by Crippen LogP contribution is 2.25. The summed E-state index contributed by atoms with van der Waals surface area (Å²) in [6.45, 7) is 3.21. The summed E-state index contributed by atoms with van der Waals surface area (Å²) >= 11 is 0. The second kappa shape index (κ2) is 6.41. The molecule has 2 rings (SSSR count). The van der Waals surface area contributed by atoms with Gasteiger partial charge in [0, 0.05) is 0 Å². The van der Waals surface area contributed by atoms with E-state index < -0.39 is 18.2 Å². The van der Waals surface area contributed by atoms with Crippen molar-refractivity contribution in [2.75, 3.05) is 0 Å². The maximum absolute atomic E-state index is 10.7. The summed E-state index contributed by atoms with van der Waals surface area (Å²) in [7, 11) is 0. The lowest BCUT2D eigenvalue weighted by molar-refractivity contribution is -0.144. The Morgan fingerprint density at radius 3 is 2.29 bits per heavy atom. The second-order valence-electron chi connectivity index (χ2n) is 4.92. The number of carboxylic acid groups (broad SMARTS) is 1. The van der Waals surface area contributed by atoms with Crippen molar-refractivity contribution in [1.82, 2.24) is 0 Å². The first kappa shape index (κ1) is 15.1. The quantitative estimate of drug-likeness (QED) is 0.885. The minimum Gasteiger partial charge on any atom is -0.479 e. The van der Waals surface area contributed by atoms with Crippen LogP contribution in [0.25, 0.3) is 11.1 Å². The minimum absolute atomic E-state index is 0.510. The van der Waals surface area contributed by atoms with Crippen LogP contribution in [0, 0.1) is 0 Å². The molecule has 2 aromatic carbocycles. The smallest absolute Gasteiger partial charge is 0.344 e. The Morgan fingerprint density at radius 1 is 1.05 bits per heavy atom. The Bertz CT molecular complexity index is 617. The molecule has 0 aliphatic rings. The van der Waals surface area contributed by atoms with Crippen molar-refractivity contribution < 1.29 is 19.7 Å². The van der Waals surface area contributed by atoms with E-state index in [1.54, 1.807) is 19.1 Å². The van der Waals surface area contributed by atoms with Gasteiger partial charge >= 0.3 is 5.97 Å². The fraction of sp³-hybridized carbons (Fsp3) is 0.235. The Morgan fingerprint density at radius 2 is 1.71 bits per heavy atom. The molecule has 0 radical (unpaired) electrons. The Balaban J connectivity index is 2.19. The first-order valence-electron chi connectivity index (χ1n) is 6.75. The van der Waals surface area contributed by atoms with Gasteiger partial charge in [-0.1, -0.05) is 30.3 Å². The van der Waals surface area contributed by atoms with Crippen LogP contribution >= 0.6 is 0 Å². The molecule has 4 heteroatoms. The summed E-state index contributed by atoms with van der Waals surface area (Å²) in [5.41, 5.74) is 2.83. The molecule has 2 atom stereocenters. The Kier molecular flexibility index (Phi) is 4.60. The molecule has 0 aliphatic heterocycles. The molecule has 110 valence electrons. The van der Waals surface area contributed by atoms with Crippen LogP contribution in [0.3, 0.4) is 0 Å². The fourth-order valence-corrected chi connectivity index (χ4v) is 1.96. The summed E-state index contributed by atoms with van der Waals surface area (Å²) in [5, 5.41) is 18.4. The third-order valence-corrected chi connectivity index (χ3v) is 3.22. The molecule has 0 amide bonds. The molecule has 0 saturated carbocycles. The zero-order valence-corrected chi connectivity index (χ0v) is 12.0. The Hall–Kier alpha value is -2.33. The molecule has 21 heavy (non-hydrogen) atoms. The topological polar surface area (TPSA) is 66.8 Å². The van der Waals surface area contributed by atoms with Crippen molar-refractivity contribution in [3.05, 3.63) is 54.1 Å². The highest BCUT2D eigenvalue weighted by Gasteiger charge is 2.12. The molecule has 2 N–H and O–H groups in total. The van der Waals surface area contributed by atoms with E-state index in [0.717, 1.165) is 16.7 Å². The maximum atomic E-state index is 10.7. The van der Waals surface area contributed by atoms with Crippen LogP contribution in [-0.2, 0) is 4.79 Å². The maximum Gasteiger partial charge on any atom is 0.344 e. The van der Waals surface area contributed by atoms with Crippen LogP contribution in [0.4, 0.5) is 0 Å². The van der Waals surface area contributed by atoms with E-state index in [1.807, 2.05) is 36.4 Å². The van der Waals surface area contributed by atoms with Crippen molar-refractivity contribution in [3.63, 3.8) is 0 Å². The van der Waals surface area contributed by atoms with E-state index in [0.29, 0.717) is 5.75 Å². The lowest BCUT2D eigenvalue weighted by atomic mass is 10.0. The first-order chi connectivity index (χ1) is 9.97. The predicted octanol–water partition coefficient (Wildman–Crippen LogP) is 3.26. The molecule has 0 aromatic heterocycles. The fourth-order valence-electron chi connectivity index (χ4n) is 1.96. The number of carbonyl (C=O) groups is 1.